The van der Waals surface area contributed by atoms with Gasteiger partial charge in [0.05, 0.1) is 13.2 Å². The summed E-state index contributed by atoms with van der Waals surface area (Å²) in [5.74, 6) is 2.21. The van der Waals surface area contributed by atoms with Crippen molar-refractivity contribution in [3.8, 4) is 11.5 Å². The SMILES string of the molecule is CC(C)c1c(C2(N)CCCC2)ccc2c1OCCCO2. The van der Waals surface area contributed by atoms with Gasteiger partial charge < -0.3 is 15.2 Å². The minimum Gasteiger partial charge on any atom is -0.490 e. The molecule has 1 saturated carbocycles. The van der Waals surface area contributed by atoms with Crippen LogP contribution >= 0.6 is 0 Å². The van der Waals surface area contributed by atoms with E-state index in [9.17, 15) is 0 Å². The molecule has 1 aliphatic heterocycles. The van der Waals surface area contributed by atoms with Crippen LogP contribution in [-0.2, 0) is 5.54 Å². The van der Waals surface area contributed by atoms with Crippen LogP contribution in [0.4, 0.5) is 0 Å². The van der Waals surface area contributed by atoms with E-state index in [0.717, 1.165) is 44.0 Å². The van der Waals surface area contributed by atoms with Crippen molar-refractivity contribution in [2.45, 2.75) is 57.4 Å². The highest BCUT2D eigenvalue weighted by molar-refractivity contribution is 5.54. The van der Waals surface area contributed by atoms with Crippen molar-refractivity contribution in [1.29, 1.82) is 0 Å². The van der Waals surface area contributed by atoms with E-state index < -0.39 is 0 Å². The van der Waals surface area contributed by atoms with Gasteiger partial charge in [0.25, 0.3) is 0 Å². The summed E-state index contributed by atoms with van der Waals surface area (Å²) >= 11 is 0. The first kappa shape index (κ1) is 13.7. The quantitative estimate of drug-likeness (QED) is 0.895. The molecule has 20 heavy (non-hydrogen) atoms. The predicted molar refractivity (Wildman–Crippen MR) is 80.5 cm³/mol. The number of fused-ring (bicyclic) bond motifs is 1. The van der Waals surface area contributed by atoms with Crippen LogP contribution in [-0.4, -0.2) is 13.2 Å². The zero-order valence-electron chi connectivity index (χ0n) is 12.6. The van der Waals surface area contributed by atoms with Gasteiger partial charge >= 0.3 is 0 Å². The number of rotatable bonds is 2. The van der Waals surface area contributed by atoms with Gasteiger partial charge in [0.15, 0.2) is 11.5 Å². The maximum absolute atomic E-state index is 6.69. The highest BCUT2D eigenvalue weighted by Crippen LogP contribution is 2.46. The van der Waals surface area contributed by atoms with Crippen LogP contribution in [0.15, 0.2) is 12.1 Å². The van der Waals surface area contributed by atoms with Crippen LogP contribution in [0.25, 0.3) is 0 Å². The first-order chi connectivity index (χ1) is 9.62. The Bertz CT molecular complexity index is 490. The molecule has 110 valence electrons. The summed E-state index contributed by atoms with van der Waals surface area (Å²) in [5.41, 5.74) is 9.05. The lowest BCUT2D eigenvalue weighted by Gasteiger charge is -2.30. The third-order valence-electron chi connectivity index (χ3n) is 4.56. The first-order valence-corrected chi connectivity index (χ1v) is 7.84. The Kier molecular flexibility index (Phi) is 3.63. The van der Waals surface area contributed by atoms with Gasteiger partial charge in [-0.2, -0.15) is 0 Å². The Morgan fingerprint density at radius 3 is 2.45 bits per heavy atom. The van der Waals surface area contributed by atoms with E-state index in [1.54, 1.807) is 0 Å². The van der Waals surface area contributed by atoms with Gasteiger partial charge in [-0.3, -0.25) is 0 Å². The van der Waals surface area contributed by atoms with Crippen LogP contribution in [0, 0.1) is 0 Å². The topological polar surface area (TPSA) is 44.5 Å². The molecule has 0 aromatic heterocycles. The standard InChI is InChI=1S/C17H25NO2/c1-12(2)15-13(17(18)8-3-4-9-17)6-7-14-16(15)20-11-5-10-19-14/h6-7,12H,3-5,8-11,18H2,1-2H3. The molecule has 0 amide bonds. The summed E-state index contributed by atoms with van der Waals surface area (Å²) in [5, 5.41) is 0. The van der Waals surface area contributed by atoms with Crippen LogP contribution in [0.3, 0.4) is 0 Å². The van der Waals surface area contributed by atoms with E-state index in [2.05, 4.69) is 26.0 Å². The smallest absolute Gasteiger partial charge is 0.164 e. The maximum Gasteiger partial charge on any atom is 0.164 e. The lowest BCUT2D eigenvalue weighted by Crippen LogP contribution is -2.34. The minimum atomic E-state index is -0.176. The van der Waals surface area contributed by atoms with Crippen molar-refractivity contribution in [1.82, 2.24) is 0 Å². The highest BCUT2D eigenvalue weighted by atomic mass is 16.5. The second kappa shape index (κ2) is 5.28. The summed E-state index contributed by atoms with van der Waals surface area (Å²) in [7, 11) is 0. The number of hydrogen-bond acceptors (Lipinski definition) is 3. The molecule has 1 aromatic carbocycles. The summed E-state index contributed by atoms with van der Waals surface area (Å²) in [4.78, 5) is 0. The first-order valence-electron chi connectivity index (χ1n) is 7.84. The van der Waals surface area contributed by atoms with Crippen molar-refractivity contribution < 1.29 is 9.47 Å². The minimum absolute atomic E-state index is 0.176. The molecule has 1 heterocycles. The van der Waals surface area contributed by atoms with Crippen LogP contribution in [0.1, 0.15) is 63.0 Å². The number of ether oxygens (including phenoxy) is 2. The number of benzene rings is 1. The molecule has 2 N–H and O–H groups in total. The molecule has 2 aliphatic rings. The molecule has 0 atom stereocenters. The fraction of sp³-hybridized carbons (Fsp3) is 0.647. The molecule has 1 fully saturated rings. The lowest BCUT2D eigenvalue weighted by atomic mass is 9.82. The van der Waals surface area contributed by atoms with E-state index >= 15 is 0 Å². The summed E-state index contributed by atoms with van der Waals surface area (Å²) in [6, 6.07) is 4.23. The van der Waals surface area contributed by atoms with E-state index in [1.165, 1.54) is 24.0 Å². The third kappa shape index (κ3) is 2.28. The molecule has 0 radical (unpaired) electrons. The zero-order valence-corrected chi connectivity index (χ0v) is 12.6. The molecule has 1 aliphatic carbocycles. The molecule has 3 nitrogen and oxygen atoms in total. The van der Waals surface area contributed by atoms with Crippen molar-refractivity contribution in [2.75, 3.05) is 13.2 Å². The van der Waals surface area contributed by atoms with Gasteiger partial charge in [0, 0.05) is 17.5 Å². The Hall–Kier alpha value is -1.22. The van der Waals surface area contributed by atoms with E-state index in [-0.39, 0.29) is 5.54 Å². The molecular weight excluding hydrogens is 250 g/mol. The Morgan fingerprint density at radius 1 is 1.05 bits per heavy atom. The predicted octanol–water partition coefficient (Wildman–Crippen LogP) is 3.70. The van der Waals surface area contributed by atoms with Crippen molar-refractivity contribution in [3.05, 3.63) is 23.3 Å². The number of hydrogen-bond donors (Lipinski definition) is 1. The Morgan fingerprint density at radius 2 is 1.75 bits per heavy atom. The zero-order chi connectivity index (χ0) is 14.2. The molecule has 0 spiro atoms. The van der Waals surface area contributed by atoms with Gasteiger partial charge in [-0.05, 0) is 30.4 Å². The average Bonchev–Trinajstić information content (AvgIpc) is 2.73. The fourth-order valence-electron chi connectivity index (χ4n) is 3.54. The number of nitrogens with two attached hydrogens (primary N) is 1. The normalized spacial score (nSPS) is 21.0. The Labute approximate surface area is 121 Å². The van der Waals surface area contributed by atoms with Gasteiger partial charge in [0.1, 0.15) is 0 Å². The van der Waals surface area contributed by atoms with Crippen LogP contribution < -0.4 is 15.2 Å². The maximum atomic E-state index is 6.69. The van der Waals surface area contributed by atoms with Gasteiger partial charge in [-0.1, -0.05) is 32.8 Å². The van der Waals surface area contributed by atoms with Crippen LogP contribution in [0.2, 0.25) is 0 Å². The molecular formula is C17H25NO2. The summed E-state index contributed by atoms with van der Waals surface area (Å²) < 4.78 is 11.8. The second-order valence-corrected chi connectivity index (χ2v) is 6.42. The van der Waals surface area contributed by atoms with Crippen LogP contribution in [0.5, 0.6) is 11.5 Å². The molecule has 3 rings (SSSR count). The summed E-state index contributed by atoms with van der Waals surface area (Å²) in [6.45, 7) is 5.89. The van der Waals surface area contributed by atoms with Crippen molar-refractivity contribution >= 4 is 0 Å². The van der Waals surface area contributed by atoms with Gasteiger partial charge in [-0.25, -0.2) is 0 Å². The molecule has 1 aromatic rings. The molecule has 0 saturated heterocycles. The van der Waals surface area contributed by atoms with Crippen molar-refractivity contribution in [3.63, 3.8) is 0 Å². The highest BCUT2D eigenvalue weighted by Gasteiger charge is 2.35. The van der Waals surface area contributed by atoms with E-state index in [1.807, 2.05) is 0 Å². The van der Waals surface area contributed by atoms with Crippen molar-refractivity contribution in [2.24, 2.45) is 5.73 Å². The average molecular weight is 275 g/mol. The van der Waals surface area contributed by atoms with Gasteiger partial charge in [0.2, 0.25) is 0 Å². The second-order valence-electron chi connectivity index (χ2n) is 6.42. The van der Waals surface area contributed by atoms with E-state index in [0.29, 0.717) is 5.92 Å². The lowest BCUT2D eigenvalue weighted by molar-refractivity contribution is 0.295. The fourth-order valence-corrected chi connectivity index (χ4v) is 3.54. The largest absolute Gasteiger partial charge is 0.490 e. The monoisotopic (exact) mass is 275 g/mol. The molecule has 0 unspecified atom stereocenters. The molecule has 0 bridgehead atoms. The van der Waals surface area contributed by atoms with Gasteiger partial charge in [-0.15, -0.1) is 0 Å². The molecule has 3 heteroatoms. The summed E-state index contributed by atoms with van der Waals surface area (Å²) in [6.07, 6.45) is 5.54. The third-order valence-corrected chi connectivity index (χ3v) is 4.56. The Balaban J connectivity index is 2.13. The van der Waals surface area contributed by atoms with E-state index in [4.69, 9.17) is 15.2 Å².